The molecule has 0 atom stereocenters. The number of aromatic amines is 1. The van der Waals surface area contributed by atoms with Crippen molar-refractivity contribution < 1.29 is 18.0 Å². The van der Waals surface area contributed by atoms with Crippen LogP contribution in [0.25, 0.3) is 11.3 Å². The number of hydrogen-bond donors (Lipinski definition) is 2. The van der Waals surface area contributed by atoms with Crippen LogP contribution in [-0.4, -0.2) is 30.6 Å². The summed E-state index contributed by atoms with van der Waals surface area (Å²) in [7, 11) is 1.42. The van der Waals surface area contributed by atoms with E-state index in [1.165, 1.54) is 17.8 Å². The van der Waals surface area contributed by atoms with Crippen LogP contribution in [0.4, 0.5) is 13.2 Å². The molecule has 0 saturated heterocycles. The molecule has 0 aliphatic carbocycles. The highest BCUT2D eigenvalue weighted by Gasteiger charge is 2.39. The van der Waals surface area contributed by atoms with Gasteiger partial charge < -0.3 is 10.3 Å². The monoisotopic (exact) mass is 350 g/mol. The van der Waals surface area contributed by atoms with Gasteiger partial charge in [-0.15, -0.1) is 0 Å². The number of H-pyrrole nitrogens is 1. The Balaban J connectivity index is 2.16. The first kappa shape index (κ1) is 16.7. The first-order valence-electron chi connectivity index (χ1n) is 7.14. The van der Waals surface area contributed by atoms with Crippen molar-refractivity contribution in [2.75, 3.05) is 0 Å². The van der Waals surface area contributed by atoms with Crippen molar-refractivity contribution in [3.8, 4) is 11.3 Å². The van der Waals surface area contributed by atoms with E-state index in [-0.39, 0.29) is 29.2 Å². The predicted octanol–water partition coefficient (Wildman–Crippen LogP) is 1.91. The minimum Gasteiger partial charge on any atom is -0.363 e. The number of nitrogens with one attached hydrogen (secondary N) is 1. The van der Waals surface area contributed by atoms with Crippen LogP contribution in [0.3, 0.4) is 0 Å². The van der Waals surface area contributed by atoms with Gasteiger partial charge >= 0.3 is 6.18 Å². The maximum Gasteiger partial charge on any atom is 0.435 e. The fourth-order valence-electron chi connectivity index (χ4n) is 2.56. The number of nitrogens with two attached hydrogens (primary N) is 1. The number of pyridine rings is 1. The highest BCUT2D eigenvalue weighted by atomic mass is 19.4. The van der Waals surface area contributed by atoms with Gasteiger partial charge in [0.15, 0.2) is 11.5 Å². The standard InChI is InChI=1S/C15H13F3N6O/c1-24-10(7-21-14(24)13(19)25)11-9(5-8-3-2-4-20-6-8)22-23-12(11)15(16,17)18/h2-4,6-7H,5H2,1H3,(H2,19,25)(H,22,23). The maximum atomic E-state index is 13.4. The molecule has 3 rings (SSSR count). The molecule has 3 N–H and O–H groups in total. The van der Waals surface area contributed by atoms with Gasteiger partial charge in [-0.1, -0.05) is 6.07 Å². The van der Waals surface area contributed by atoms with Gasteiger partial charge in [-0.3, -0.25) is 14.9 Å². The summed E-state index contributed by atoms with van der Waals surface area (Å²) in [6, 6.07) is 3.42. The van der Waals surface area contributed by atoms with Gasteiger partial charge in [0.05, 0.1) is 17.5 Å². The van der Waals surface area contributed by atoms with E-state index in [4.69, 9.17) is 5.73 Å². The summed E-state index contributed by atoms with van der Waals surface area (Å²) in [5, 5.41) is 5.87. The van der Waals surface area contributed by atoms with Crippen LogP contribution in [0.15, 0.2) is 30.7 Å². The topological polar surface area (TPSA) is 102 Å². The quantitative estimate of drug-likeness (QED) is 0.750. The van der Waals surface area contributed by atoms with Crippen LogP contribution >= 0.6 is 0 Å². The molecular formula is C15H13F3N6O. The molecule has 0 bridgehead atoms. The number of rotatable bonds is 4. The lowest BCUT2D eigenvalue weighted by molar-refractivity contribution is -0.140. The summed E-state index contributed by atoms with van der Waals surface area (Å²) >= 11 is 0. The van der Waals surface area contributed by atoms with Crippen molar-refractivity contribution in [2.45, 2.75) is 12.6 Å². The Morgan fingerprint density at radius 3 is 2.68 bits per heavy atom. The molecule has 10 heteroatoms. The Bertz CT molecular complexity index is 913. The minimum absolute atomic E-state index is 0.0914. The summed E-state index contributed by atoms with van der Waals surface area (Å²) in [5.41, 5.74) is 4.98. The molecule has 25 heavy (non-hydrogen) atoms. The Morgan fingerprint density at radius 2 is 2.12 bits per heavy atom. The Kier molecular flexibility index (Phi) is 4.03. The zero-order valence-electron chi connectivity index (χ0n) is 13.0. The molecule has 0 fully saturated rings. The van der Waals surface area contributed by atoms with Gasteiger partial charge in [0.25, 0.3) is 5.91 Å². The van der Waals surface area contributed by atoms with Crippen LogP contribution in [0.5, 0.6) is 0 Å². The molecule has 0 aliphatic heterocycles. The van der Waals surface area contributed by atoms with Crippen molar-refractivity contribution in [3.05, 3.63) is 53.5 Å². The molecule has 3 heterocycles. The molecule has 7 nitrogen and oxygen atoms in total. The molecule has 0 aliphatic rings. The summed E-state index contributed by atoms with van der Waals surface area (Å²) in [6.45, 7) is 0. The SMILES string of the molecule is Cn1c(-c2c(C(F)(F)F)n[nH]c2Cc2cccnc2)cnc1C(N)=O. The number of alkyl halides is 3. The second-order valence-corrected chi connectivity index (χ2v) is 5.35. The zero-order chi connectivity index (χ0) is 18.2. The van der Waals surface area contributed by atoms with E-state index in [1.54, 1.807) is 24.5 Å². The Morgan fingerprint density at radius 1 is 1.36 bits per heavy atom. The molecule has 0 radical (unpaired) electrons. The minimum atomic E-state index is -4.67. The lowest BCUT2D eigenvalue weighted by Gasteiger charge is -2.10. The summed E-state index contributed by atoms with van der Waals surface area (Å²) < 4.78 is 41.3. The average molecular weight is 350 g/mol. The number of carbonyl (C=O) groups is 1. The highest BCUT2D eigenvalue weighted by Crippen LogP contribution is 2.38. The Labute approximate surface area is 139 Å². The molecule has 0 saturated carbocycles. The van der Waals surface area contributed by atoms with Crippen LogP contribution in [0.2, 0.25) is 0 Å². The first-order chi connectivity index (χ1) is 11.8. The largest absolute Gasteiger partial charge is 0.435 e. The summed E-state index contributed by atoms with van der Waals surface area (Å²) in [4.78, 5) is 19.1. The molecule has 0 aromatic carbocycles. The number of amides is 1. The second kappa shape index (κ2) is 6.04. The third kappa shape index (κ3) is 3.10. The molecule has 0 spiro atoms. The van der Waals surface area contributed by atoms with Crippen molar-refractivity contribution >= 4 is 5.91 Å². The van der Waals surface area contributed by atoms with Crippen molar-refractivity contribution in [3.63, 3.8) is 0 Å². The summed E-state index contributed by atoms with van der Waals surface area (Å²) in [5.74, 6) is -0.976. The maximum absolute atomic E-state index is 13.4. The van der Waals surface area contributed by atoms with E-state index in [0.717, 1.165) is 0 Å². The second-order valence-electron chi connectivity index (χ2n) is 5.35. The van der Waals surface area contributed by atoms with Crippen molar-refractivity contribution in [2.24, 2.45) is 12.8 Å². The fourth-order valence-corrected chi connectivity index (χ4v) is 2.56. The number of carbonyl (C=O) groups excluding carboxylic acids is 1. The van der Waals surface area contributed by atoms with Gasteiger partial charge in [0.1, 0.15) is 0 Å². The van der Waals surface area contributed by atoms with Gasteiger partial charge in [-0.25, -0.2) is 4.98 Å². The molecule has 130 valence electrons. The van der Waals surface area contributed by atoms with Crippen LogP contribution in [-0.2, 0) is 19.6 Å². The molecular weight excluding hydrogens is 337 g/mol. The Hall–Kier alpha value is -3.17. The molecule has 3 aromatic rings. The van der Waals surface area contributed by atoms with E-state index in [2.05, 4.69) is 20.2 Å². The number of imidazole rings is 1. The van der Waals surface area contributed by atoms with Crippen molar-refractivity contribution in [1.29, 1.82) is 0 Å². The van der Waals surface area contributed by atoms with Gasteiger partial charge in [0, 0.05) is 31.6 Å². The predicted molar refractivity (Wildman–Crippen MR) is 81.4 cm³/mol. The first-order valence-corrected chi connectivity index (χ1v) is 7.14. The third-order valence-electron chi connectivity index (χ3n) is 3.68. The number of aromatic nitrogens is 5. The smallest absolute Gasteiger partial charge is 0.363 e. The summed E-state index contributed by atoms with van der Waals surface area (Å²) in [6.07, 6.45) is -0.221. The fraction of sp³-hybridized carbons (Fsp3) is 0.200. The molecule has 3 aromatic heterocycles. The third-order valence-corrected chi connectivity index (χ3v) is 3.68. The average Bonchev–Trinajstić information content (AvgIpc) is 3.11. The van der Waals surface area contributed by atoms with Crippen LogP contribution in [0, 0.1) is 0 Å². The number of hydrogen-bond acceptors (Lipinski definition) is 4. The lowest BCUT2D eigenvalue weighted by Crippen LogP contribution is -2.17. The van der Waals surface area contributed by atoms with Crippen molar-refractivity contribution in [1.82, 2.24) is 24.7 Å². The van der Waals surface area contributed by atoms with Crippen LogP contribution in [0.1, 0.15) is 27.6 Å². The van der Waals surface area contributed by atoms with Gasteiger partial charge in [-0.2, -0.15) is 18.3 Å². The van der Waals surface area contributed by atoms with E-state index >= 15 is 0 Å². The molecule has 1 amide bonds. The van der Waals surface area contributed by atoms with E-state index in [0.29, 0.717) is 5.56 Å². The number of nitrogens with zero attached hydrogens (tertiary/aromatic N) is 4. The van der Waals surface area contributed by atoms with Gasteiger partial charge in [0.2, 0.25) is 0 Å². The van der Waals surface area contributed by atoms with E-state index < -0.39 is 17.8 Å². The van der Waals surface area contributed by atoms with Crippen LogP contribution < -0.4 is 5.73 Å². The molecule has 0 unspecified atom stereocenters. The van der Waals surface area contributed by atoms with E-state index in [1.807, 2.05) is 0 Å². The zero-order valence-corrected chi connectivity index (χ0v) is 13.0. The number of primary amides is 1. The lowest BCUT2D eigenvalue weighted by atomic mass is 10.0. The number of halogens is 3. The normalized spacial score (nSPS) is 11.7. The van der Waals surface area contributed by atoms with E-state index in [9.17, 15) is 18.0 Å². The van der Waals surface area contributed by atoms with Gasteiger partial charge in [-0.05, 0) is 11.6 Å². The highest BCUT2D eigenvalue weighted by molar-refractivity contribution is 5.90.